The Kier molecular flexibility index (Phi) is 3.14. The van der Waals surface area contributed by atoms with E-state index in [4.69, 9.17) is 5.26 Å². The van der Waals surface area contributed by atoms with Crippen LogP contribution in [0, 0.1) is 11.3 Å². The van der Waals surface area contributed by atoms with Crippen LogP contribution in [0.1, 0.15) is 17.5 Å². The summed E-state index contributed by atoms with van der Waals surface area (Å²) >= 11 is 3.33. The van der Waals surface area contributed by atoms with Crippen molar-refractivity contribution in [2.45, 2.75) is 19.8 Å². The zero-order valence-electron chi connectivity index (χ0n) is 8.36. The van der Waals surface area contributed by atoms with Crippen molar-refractivity contribution in [2.75, 3.05) is 0 Å². The molecule has 0 saturated heterocycles. The average molecular weight is 234 g/mol. The fourth-order valence-electron chi connectivity index (χ4n) is 1.38. The number of aryl methyl sites for hydroxylation is 1. The van der Waals surface area contributed by atoms with Gasteiger partial charge in [0.05, 0.1) is 23.1 Å². The van der Waals surface area contributed by atoms with Crippen LogP contribution in [-0.2, 0) is 12.8 Å². The van der Waals surface area contributed by atoms with Crippen molar-refractivity contribution in [3.63, 3.8) is 0 Å². The fourth-order valence-corrected chi connectivity index (χ4v) is 3.25. The van der Waals surface area contributed by atoms with Crippen LogP contribution in [0.15, 0.2) is 17.5 Å². The molecule has 0 aromatic carbocycles. The summed E-state index contributed by atoms with van der Waals surface area (Å²) in [6, 6.07) is 6.28. The number of rotatable bonds is 3. The van der Waals surface area contributed by atoms with E-state index in [1.165, 1.54) is 4.88 Å². The Balaban J connectivity index is 2.39. The normalized spacial score (nSPS) is 10.1. The van der Waals surface area contributed by atoms with Gasteiger partial charge in [0, 0.05) is 4.88 Å². The molecule has 76 valence electrons. The lowest BCUT2D eigenvalue weighted by Crippen LogP contribution is -1.86. The van der Waals surface area contributed by atoms with Gasteiger partial charge in [-0.3, -0.25) is 0 Å². The van der Waals surface area contributed by atoms with Gasteiger partial charge in [0.1, 0.15) is 5.01 Å². The molecule has 2 aromatic heterocycles. The predicted molar refractivity (Wildman–Crippen MR) is 64.1 cm³/mol. The van der Waals surface area contributed by atoms with Crippen molar-refractivity contribution < 1.29 is 0 Å². The smallest absolute Gasteiger partial charge is 0.133 e. The topological polar surface area (TPSA) is 36.7 Å². The number of thiophene rings is 1. The summed E-state index contributed by atoms with van der Waals surface area (Å²) in [5.41, 5.74) is 1.07. The highest BCUT2D eigenvalue weighted by atomic mass is 32.1. The molecule has 2 rings (SSSR count). The summed E-state index contributed by atoms with van der Waals surface area (Å²) < 4.78 is 0. The summed E-state index contributed by atoms with van der Waals surface area (Å²) in [7, 11) is 0. The van der Waals surface area contributed by atoms with Crippen molar-refractivity contribution in [1.29, 1.82) is 5.26 Å². The van der Waals surface area contributed by atoms with E-state index in [0.29, 0.717) is 6.42 Å². The van der Waals surface area contributed by atoms with Gasteiger partial charge in [0.2, 0.25) is 0 Å². The SMILES string of the molecule is CCc1nc(-c2cccs2)sc1CC#N. The first-order valence-electron chi connectivity index (χ1n) is 4.74. The van der Waals surface area contributed by atoms with Gasteiger partial charge >= 0.3 is 0 Å². The van der Waals surface area contributed by atoms with E-state index < -0.39 is 0 Å². The van der Waals surface area contributed by atoms with Crippen molar-refractivity contribution in [1.82, 2.24) is 4.98 Å². The van der Waals surface area contributed by atoms with E-state index in [1.54, 1.807) is 22.7 Å². The van der Waals surface area contributed by atoms with E-state index >= 15 is 0 Å². The Morgan fingerprint density at radius 2 is 2.40 bits per heavy atom. The number of aromatic nitrogens is 1. The highest BCUT2D eigenvalue weighted by Gasteiger charge is 2.11. The minimum atomic E-state index is 0.478. The van der Waals surface area contributed by atoms with Crippen molar-refractivity contribution in [3.8, 4) is 16.0 Å². The molecule has 0 bridgehead atoms. The number of nitriles is 1. The van der Waals surface area contributed by atoms with Crippen LogP contribution < -0.4 is 0 Å². The summed E-state index contributed by atoms with van der Waals surface area (Å²) in [6.45, 7) is 2.08. The van der Waals surface area contributed by atoms with Gasteiger partial charge in [-0.05, 0) is 17.9 Å². The molecule has 0 atom stereocenters. The molecule has 0 radical (unpaired) electrons. The fraction of sp³-hybridized carbons (Fsp3) is 0.273. The molecule has 0 amide bonds. The maximum atomic E-state index is 8.71. The van der Waals surface area contributed by atoms with Gasteiger partial charge in [0.15, 0.2) is 0 Å². The number of nitrogens with zero attached hydrogens (tertiary/aromatic N) is 2. The minimum Gasteiger partial charge on any atom is -0.240 e. The quantitative estimate of drug-likeness (QED) is 0.815. The molecular weight excluding hydrogens is 224 g/mol. The molecular formula is C11H10N2S2. The molecule has 0 fully saturated rings. The van der Waals surface area contributed by atoms with Crippen molar-refractivity contribution in [2.24, 2.45) is 0 Å². The average Bonchev–Trinajstić information content (AvgIpc) is 2.84. The molecule has 0 saturated carbocycles. The van der Waals surface area contributed by atoms with Crippen LogP contribution in [0.3, 0.4) is 0 Å². The zero-order chi connectivity index (χ0) is 10.7. The third-order valence-electron chi connectivity index (χ3n) is 2.08. The molecule has 0 aliphatic rings. The van der Waals surface area contributed by atoms with Gasteiger partial charge < -0.3 is 0 Å². The van der Waals surface area contributed by atoms with Crippen LogP contribution in [0.5, 0.6) is 0 Å². The second-order valence-electron chi connectivity index (χ2n) is 3.05. The van der Waals surface area contributed by atoms with E-state index in [9.17, 15) is 0 Å². The molecule has 4 heteroatoms. The largest absolute Gasteiger partial charge is 0.240 e. The van der Waals surface area contributed by atoms with E-state index in [1.807, 2.05) is 11.4 Å². The van der Waals surface area contributed by atoms with Gasteiger partial charge in [0.25, 0.3) is 0 Å². The summed E-state index contributed by atoms with van der Waals surface area (Å²) in [6.07, 6.45) is 1.38. The molecule has 0 N–H and O–H groups in total. The molecule has 2 nitrogen and oxygen atoms in total. The Hall–Kier alpha value is -1.18. The summed E-state index contributed by atoms with van der Waals surface area (Å²) in [5, 5.41) is 11.8. The zero-order valence-corrected chi connectivity index (χ0v) is 9.99. The molecule has 0 aliphatic heterocycles. The highest BCUT2D eigenvalue weighted by molar-refractivity contribution is 7.21. The van der Waals surface area contributed by atoms with Crippen LogP contribution in [0.25, 0.3) is 9.88 Å². The van der Waals surface area contributed by atoms with Crippen molar-refractivity contribution >= 4 is 22.7 Å². The molecule has 0 spiro atoms. The third kappa shape index (κ3) is 2.09. The van der Waals surface area contributed by atoms with Crippen molar-refractivity contribution in [3.05, 3.63) is 28.1 Å². The van der Waals surface area contributed by atoms with Crippen LogP contribution >= 0.6 is 22.7 Å². The van der Waals surface area contributed by atoms with Crippen LogP contribution in [-0.4, -0.2) is 4.98 Å². The lowest BCUT2D eigenvalue weighted by Gasteiger charge is -1.89. The Morgan fingerprint density at radius 3 is 3.00 bits per heavy atom. The highest BCUT2D eigenvalue weighted by Crippen LogP contribution is 2.31. The molecule has 2 aromatic rings. The lowest BCUT2D eigenvalue weighted by molar-refractivity contribution is 1.03. The second-order valence-corrected chi connectivity index (χ2v) is 5.09. The second kappa shape index (κ2) is 4.56. The van der Waals surface area contributed by atoms with Gasteiger partial charge in [-0.1, -0.05) is 13.0 Å². The third-order valence-corrected chi connectivity index (χ3v) is 4.22. The van der Waals surface area contributed by atoms with Gasteiger partial charge in [-0.2, -0.15) is 5.26 Å². The summed E-state index contributed by atoms with van der Waals surface area (Å²) in [5.74, 6) is 0. The monoisotopic (exact) mass is 234 g/mol. The van der Waals surface area contributed by atoms with E-state index in [2.05, 4.69) is 24.0 Å². The lowest BCUT2D eigenvalue weighted by atomic mass is 10.2. The van der Waals surface area contributed by atoms with E-state index in [0.717, 1.165) is 22.0 Å². The Labute approximate surface area is 96.8 Å². The number of hydrogen-bond donors (Lipinski definition) is 0. The van der Waals surface area contributed by atoms with Gasteiger partial charge in [-0.25, -0.2) is 4.98 Å². The molecule has 0 aliphatic carbocycles. The predicted octanol–water partition coefficient (Wildman–Crippen LogP) is 3.50. The first kappa shape index (κ1) is 10.3. The summed E-state index contributed by atoms with van der Waals surface area (Å²) in [4.78, 5) is 6.88. The minimum absolute atomic E-state index is 0.478. The number of hydrogen-bond acceptors (Lipinski definition) is 4. The maximum Gasteiger partial charge on any atom is 0.133 e. The van der Waals surface area contributed by atoms with Gasteiger partial charge in [-0.15, -0.1) is 22.7 Å². The first-order valence-corrected chi connectivity index (χ1v) is 6.44. The van der Waals surface area contributed by atoms with Crippen LogP contribution in [0.2, 0.25) is 0 Å². The standard InChI is InChI=1S/C11H10N2S2/c1-2-8-9(5-6-12)15-11(13-8)10-4-3-7-14-10/h3-4,7H,2,5H2,1H3. The Morgan fingerprint density at radius 1 is 1.53 bits per heavy atom. The Bertz CT molecular complexity index is 477. The first-order chi connectivity index (χ1) is 7.35. The van der Waals surface area contributed by atoms with E-state index in [-0.39, 0.29) is 0 Å². The molecule has 0 unspecified atom stereocenters. The maximum absolute atomic E-state index is 8.71. The molecule has 15 heavy (non-hydrogen) atoms. The molecule has 2 heterocycles. The number of thiazole rings is 1. The van der Waals surface area contributed by atoms with Crippen LogP contribution in [0.4, 0.5) is 0 Å².